The Balaban J connectivity index is 1.59. The fraction of sp³-hybridized carbons (Fsp3) is 0.0400. The summed E-state index contributed by atoms with van der Waals surface area (Å²) >= 11 is 21.0. The normalized spacial score (nSPS) is 14.6. The Labute approximate surface area is 224 Å². The highest BCUT2D eigenvalue weighted by molar-refractivity contribution is 9.10. The average molecular weight is 587 g/mol. The Bertz CT molecular complexity index is 1450. The molecule has 1 fully saturated rings. The molecule has 1 N–H and O–H groups in total. The lowest BCUT2D eigenvalue weighted by molar-refractivity contribution is -0.122. The van der Waals surface area contributed by atoms with E-state index in [9.17, 15) is 14.9 Å². The molecule has 0 aliphatic carbocycles. The average Bonchev–Trinajstić information content (AvgIpc) is 2.84. The minimum Gasteiger partial charge on any atom is -0.488 e. The van der Waals surface area contributed by atoms with Crippen molar-refractivity contribution in [2.24, 2.45) is 0 Å². The second kappa shape index (κ2) is 10.6. The van der Waals surface area contributed by atoms with Crippen LogP contribution in [-0.4, -0.2) is 16.9 Å². The van der Waals surface area contributed by atoms with Gasteiger partial charge in [0.2, 0.25) is 0 Å². The van der Waals surface area contributed by atoms with Crippen LogP contribution in [0, 0.1) is 11.3 Å². The van der Waals surface area contributed by atoms with Gasteiger partial charge in [-0.2, -0.15) is 5.26 Å². The molecule has 1 aliphatic rings. The van der Waals surface area contributed by atoms with E-state index < -0.39 is 11.8 Å². The Kier molecular flexibility index (Phi) is 7.53. The lowest BCUT2D eigenvalue weighted by atomic mass is 10.1. The molecule has 0 unspecified atom stereocenters. The molecule has 1 saturated heterocycles. The fourth-order valence-corrected chi connectivity index (χ4v) is 4.51. The lowest BCUT2D eigenvalue weighted by Gasteiger charge is -2.29. The molecule has 174 valence electrons. The number of amides is 2. The number of carbonyl (C=O) groups is 2. The lowest BCUT2D eigenvalue weighted by Crippen LogP contribution is -2.54. The van der Waals surface area contributed by atoms with Crippen LogP contribution in [0.15, 0.2) is 70.7 Å². The minimum absolute atomic E-state index is 0.0936. The van der Waals surface area contributed by atoms with Crippen LogP contribution < -0.4 is 15.0 Å². The third kappa shape index (κ3) is 5.24. The van der Waals surface area contributed by atoms with Crippen LogP contribution in [0.5, 0.6) is 5.75 Å². The van der Waals surface area contributed by atoms with Gasteiger partial charge >= 0.3 is 0 Å². The summed E-state index contributed by atoms with van der Waals surface area (Å²) in [5.41, 5.74) is 2.01. The summed E-state index contributed by atoms with van der Waals surface area (Å²) in [7, 11) is 0. The van der Waals surface area contributed by atoms with Crippen molar-refractivity contribution in [2.75, 3.05) is 4.90 Å². The minimum atomic E-state index is -0.632. The summed E-state index contributed by atoms with van der Waals surface area (Å²) in [6.45, 7) is 0.205. The van der Waals surface area contributed by atoms with Crippen molar-refractivity contribution < 1.29 is 14.3 Å². The highest BCUT2D eigenvalue weighted by Gasteiger charge is 2.35. The van der Waals surface area contributed by atoms with Crippen LogP contribution in [0.4, 0.5) is 5.69 Å². The van der Waals surface area contributed by atoms with E-state index in [1.54, 1.807) is 48.5 Å². The van der Waals surface area contributed by atoms with Crippen molar-refractivity contribution in [3.05, 3.63) is 97.4 Å². The Morgan fingerprint density at radius 1 is 1.11 bits per heavy atom. The van der Waals surface area contributed by atoms with E-state index in [0.29, 0.717) is 21.3 Å². The standard InChI is InChI=1S/C25H14BrCl2N3O3S/c26-18-11-14(8-9-21(18)34-13-16-5-2-1-4-15(16)12-29)10-17-23(32)30-25(35)31(24(17)33)20-7-3-6-19(27)22(20)28/h1-11H,13H2,(H,30,32,35)/b17-10+. The monoisotopic (exact) mass is 585 g/mol. The number of benzene rings is 3. The van der Waals surface area contributed by atoms with Crippen LogP contribution in [0.1, 0.15) is 16.7 Å². The third-order valence-corrected chi connectivity index (χ3v) is 6.77. The highest BCUT2D eigenvalue weighted by Crippen LogP contribution is 2.35. The van der Waals surface area contributed by atoms with Crippen molar-refractivity contribution >= 4 is 80.0 Å². The van der Waals surface area contributed by atoms with E-state index in [1.807, 2.05) is 12.1 Å². The van der Waals surface area contributed by atoms with Crippen LogP contribution in [0.2, 0.25) is 10.0 Å². The summed E-state index contributed by atoms with van der Waals surface area (Å²) in [6.07, 6.45) is 1.45. The van der Waals surface area contributed by atoms with Gasteiger partial charge in [0.05, 0.1) is 31.8 Å². The summed E-state index contributed by atoms with van der Waals surface area (Å²) in [4.78, 5) is 26.9. The van der Waals surface area contributed by atoms with Gasteiger partial charge in [0.1, 0.15) is 17.9 Å². The summed E-state index contributed by atoms with van der Waals surface area (Å²) in [6, 6.07) is 19.2. The number of thiocarbonyl (C=S) groups is 1. The molecule has 0 bridgehead atoms. The van der Waals surface area contributed by atoms with Gasteiger partial charge in [-0.25, -0.2) is 0 Å². The molecule has 0 spiro atoms. The number of ether oxygens (including phenoxy) is 1. The van der Waals surface area contributed by atoms with Gasteiger partial charge in [-0.15, -0.1) is 0 Å². The molecule has 0 atom stereocenters. The number of nitrogens with zero attached hydrogens (tertiary/aromatic N) is 2. The van der Waals surface area contributed by atoms with Gasteiger partial charge in [-0.1, -0.05) is 53.5 Å². The molecule has 1 heterocycles. The van der Waals surface area contributed by atoms with E-state index in [-0.39, 0.29) is 33.0 Å². The molecule has 10 heteroatoms. The number of hydrogen-bond donors (Lipinski definition) is 1. The predicted octanol–water partition coefficient (Wildman–Crippen LogP) is 6.04. The first-order valence-corrected chi connectivity index (χ1v) is 12.0. The number of anilines is 1. The number of nitriles is 1. The first kappa shape index (κ1) is 24.9. The van der Waals surface area contributed by atoms with Crippen LogP contribution in [-0.2, 0) is 16.2 Å². The van der Waals surface area contributed by atoms with Gasteiger partial charge in [-0.3, -0.25) is 19.8 Å². The van der Waals surface area contributed by atoms with Gasteiger partial charge in [0.25, 0.3) is 11.8 Å². The van der Waals surface area contributed by atoms with Gasteiger partial charge in [-0.05, 0) is 70.1 Å². The fourth-order valence-electron chi connectivity index (χ4n) is 3.34. The molecule has 4 rings (SSSR count). The maximum Gasteiger partial charge on any atom is 0.270 e. The SMILES string of the molecule is N#Cc1ccccc1COc1ccc(/C=C2\C(=O)NC(=S)N(c3cccc(Cl)c3Cl)C2=O)cc1Br. The zero-order chi connectivity index (χ0) is 25.1. The molecule has 1 aliphatic heterocycles. The largest absolute Gasteiger partial charge is 0.488 e. The summed E-state index contributed by atoms with van der Waals surface area (Å²) in [5, 5.41) is 12.0. The molecular weight excluding hydrogens is 573 g/mol. The molecule has 0 saturated carbocycles. The Morgan fingerprint density at radius 3 is 2.63 bits per heavy atom. The molecule has 2 amide bonds. The zero-order valence-corrected chi connectivity index (χ0v) is 21.6. The quantitative estimate of drug-likeness (QED) is 0.224. The summed E-state index contributed by atoms with van der Waals surface area (Å²) in [5.74, 6) is -0.723. The van der Waals surface area contributed by atoms with E-state index in [0.717, 1.165) is 10.5 Å². The number of hydrogen-bond acceptors (Lipinski definition) is 5. The second-order valence-electron chi connectivity index (χ2n) is 7.28. The number of carbonyl (C=O) groups excluding carboxylic acids is 2. The van der Waals surface area contributed by atoms with E-state index in [2.05, 4.69) is 27.3 Å². The van der Waals surface area contributed by atoms with Crippen LogP contribution in [0.25, 0.3) is 6.08 Å². The van der Waals surface area contributed by atoms with Crippen molar-refractivity contribution in [3.8, 4) is 11.8 Å². The third-order valence-electron chi connectivity index (χ3n) is 5.06. The zero-order valence-electron chi connectivity index (χ0n) is 17.7. The van der Waals surface area contributed by atoms with Crippen molar-refractivity contribution in [2.45, 2.75) is 6.61 Å². The molecule has 3 aromatic carbocycles. The predicted molar refractivity (Wildman–Crippen MR) is 142 cm³/mol. The highest BCUT2D eigenvalue weighted by atomic mass is 79.9. The van der Waals surface area contributed by atoms with Crippen molar-refractivity contribution in [1.82, 2.24) is 5.32 Å². The molecular formula is C25H14BrCl2N3O3S. The number of nitrogens with one attached hydrogen (secondary N) is 1. The van der Waals surface area contributed by atoms with Gasteiger partial charge in [0, 0.05) is 5.56 Å². The van der Waals surface area contributed by atoms with Gasteiger partial charge in [0.15, 0.2) is 5.11 Å². The molecule has 3 aromatic rings. The second-order valence-corrected chi connectivity index (χ2v) is 9.30. The van der Waals surface area contributed by atoms with Crippen LogP contribution in [0.3, 0.4) is 0 Å². The molecule has 6 nitrogen and oxygen atoms in total. The van der Waals surface area contributed by atoms with Crippen LogP contribution >= 0.6 is 51.3 Å². The first-order valence-electron chi connectivity index (χ1n) is 10.1. The maximum atomic E-state index is 13.2. The topological polar surface area (TPSA) is 82.4 Å². The van der Waals surface area contributed by atoms with Gasteiger partial charge < -0.3 is 4.74 Å². The van der Waals surface area contributed by atoms with Crippen molar-refractivity contribution in [1.29, 1.82) is 5.26 Å². The molecule has 35 heavy (non-hydrogen) atoms. The van der Waals surface area contributed by atoms with Crippen molar-refractivity contribution in [3.63, 3.8) is 0 Å². The number of halogens is 3. The van der Waals surface area contributed by atoms with E-state index in [1.165, 1.54) is 6.08 Å². The maximum absolute atomic E-state index is 13.2. The number of rotatable bonds is 5. The first-order chi connectivity index (χ1) is 16.8. The smallest absolute Gasteiger partial charge is 0.270 e. The Morgan fingerprint density at radius 2 is 1.89 bits per heavy atom. The molecule has 0 radical (unpaired) electrons. The van der Waals surface area contributed by atoms with E-state index >= 15 is 0 Å². The Hall–Kier alpha value is -3.22. The summed E-state index contributed by atoms with van der Waals surface area (Å²) < 4.78 is 6.46. The molecule has 0 aromatic heterocycles. The van der Waals surface area contributed by atoms with E-state index in [4.69, 9.17) is 40.2 Å².